The Kier molecular flexibility index (Phi) is 8.91. The van der Waals surface area contributed by atoms with Crippen LogP contribution >= 0.6 is 23.8 Å². The van der Waals surface area contributed by atoms with Crippen molar-refractivity contribution in [3.63, 3.8) is 0 Å². The Hall–Kier alpha value is -2.12. The SMILES string of the molecule is [CH2]CN(CCBr)c1c(C(=O)NCCOP(=O)(O)O)cc([N+](=O)[O-])cc1[N+](=O)[O-]. The lowest BCUT2D eigenvalue weighted by Gasteiger charge is -2.24. The summed E-state index contributed by atoms with van der Waals surface area (Å²) in [6, 6.07) is 1.64. The fraction of sp³-hybridized carbons (Fsp3) is 0.385. The van der Waals surface area contributed by atoms with Gasteiger partial charge in [0.15, 0.2) is 0 Å². The topological polar surface area (TPSA) is 185 Å². The number of nitrogens with one attached hydrogen (secondary N) is 1. The van der Waals surface area contributed by atoms with Crippen molar-refractivity contribution in [3.05, 3.63) is 44.8 Å². The molecular weight excluding hydrogens is 467 g/mol. The Bertz CT molecular complexity index is 800. The minimum absolute atomic E-state index is 0.0336. The molecule has 28 heavy (non-hydrogen) atoms. The third-order valence-corrected chi connectivity index (χ3v) is 4.19. The minimum atomic E-state index is -4.73. The maximum Gasteiger partial charge on any atom is 0.469 e. The van der Waals surface area contributed by atoms with E-state index in [0.29, 0.717) is 5.33 Å². The van der Waals surface area contributed by atoms with E-state index in [4.69, 9.17) is 9.79 Å². The molecule has 1 rings (SSSR count). The molecule has 0 unspecified atom stereocenters. The van der Waals surface area contributed by atoms with Gasteiger partial charge in [0.25, 0.3) is 17.3 Å². The molecule has 1 aromatic rings. The second-order valence-electron chi connectivity index (χ2n) is 5.13. The summed E-state index contributed by atoms with van der Waals surface area (Å²) < 4.78 is 14.8. The number of carbonyl (C=O) groups excluding carboxylic acids is 1. The number of amides is 1. The third-order valence-electron chi connectivity index (χ3n) is 3.31. The number of phosphoric acid groups is 1. The zero-order chi connectivity index (χ0) is 21.5. The molecule has 0 saturated carbocycles. The smallest absolute Gasteiger partial charge is 0.364 e. The standard InChI is InChI=1S/C13H17BrN4O9P/c1-2-16(5-3-14)12-10(13(19)15-4-6-27-28(24,25)26)7-9(17(20)21)8-11(12)18(22)23/h7-8H,1-6H2,(H,15,19)(H2,24,25,26). The minimum Gasteiger partial charge on any atom is -0.364 e. The number of anilines is 1. The average Bonchev–Trinajstić information content (AvgIpc) is 2.61. The summed E-state index contributed by atoms with van der Waals surface area (Å²) in [6.45, 7) is 3.03. The number of nitrogens with zero attached hydrogens (tertiary/aromatic N) is 3. The van der Waals surface area contributed by atoms with Crippen LogP contribution in [-0.2, 0) is 9.09 Å². The van der Waals surface area contributed by atoms with Gasteiger partial charge in [-0.3, -0.25) is 29.5 Å². The number of hydrogen-bond acceptors (Lipinski definition) is 8. The highest BCUT2D eigenvalue weighted by atomic mass is 79.9. The zero-order valence-electron chi connectivity index (χ0n) is 14.3. The van der Waals surface area contributed by atoms with E-state index in [2.05, 4.69) is 32.7 Å². The van der Waals surface area contributed by atoms with Gasteiger partial charge in [-0.1, -0.05) is 15.9 Å². The van der Waals surface area contributed by atoms with Gasteiger partial charge >= 0.3 is 7.82 Å². The van der Waals surface area contributed by atoms with Crippen LogP contribution in [0.4, 0.5) is 17.1 Å². The van der Waals surface area contributed by atoms with Gasteiger partial charge in [-0.15, -0.1) is 0 Å². The summed E-state index contributed by atoms with van der Waals surface area (Å²) in [5, 5.41) is 25.2. The maximum absolute atomic E-state index is 12.5. The summed E-state index contributed by atoms with van der Waals surface area (Å²) in [6.07, 6.45) is 0. The first kappa shape index (κ1) is 23.9. The molecule has 0 aliphatic rings. The molecule has 0 fully saturated rings. The highest BCUT2D eigenvalue weighted by Gasteiger charge is 2.30. The van der Waals surface area contributed by atoms with Crippen LogP contribution in [0.1, 0.15) is 10.4 Å². The van der Waals surface area contributed by atoms with Crippen LogP contribution < -0.4 is 10.2 Å². The number of hydrogen-bond donors (Lipinski definition) is 3. The van der Waals surface area contributed by atoms with Crippen molar-refractivity contribution in [1.82, 2.24) is 5.32 Å². The summed E-state index contributed by atoms with van der Waals surface area (Å²) in [5.41, 5.74) is -1.80. The molecule has 1 aromatic carbocycles. The molecule has 1 radical (unpaired) electrons. The number of phosphoric ester groups is 1. The lowest BCUT2D eigenvalue weighted by atomic mass is 10.1. The normalized spacial score (nSPS) is 11.1. The van der Waals surface area contributed by atoms with E-state index in [-0.39, 0.29) is 30.9 Å². The Balaban J connectivity index is 3.35. The van der Waals surface area contributed by atoms with Crippen molar-refractivity contribution in [2.45, 2.75) is 0 Å². The largest absolute Gasteiger partial charge is 0.469 e. The summed E-state index contributed by atoms with van der Waals surface area (Å²) >= 11 is 3.18. The molecule has 15 heteroatoms. The first-order valence-corrected chi connectivity index (χ1v) is 10.2. The first-order valence-electron chi connectivity index (χ1n) is 7.57. The number of halogens is 1. The number of benzene rings is 1. The fourth-order valence-corrected chi connectivity index (χ4v) is 2.97. The Morgan fingerprint density at radius 2 is 1.96 bits per heavy atom. The molecule has 0 aliphatic carbocycles. The van der Waals surface area contributed by atoms with E-state index in [1.807, 2.05) is 0 Å². The van der Waals surface area contributed by atoms with Crippen LogP contribution in [0.3, 0.4) is 0 Å². The number of rotatable bonds is 11. The van der Waals surface area contributed by atoms with E-state index in [0.717, 1.165) is 12.1 Å². The predicted molar refractivity (Wildman–Crippen MR) is 101 cm³/mol. The second-order valence-corrected chi connectivity index (χ2v) is 7.16. The van der Waals surface area contributed by atoms with Crippen molar-refractivity contribution >= 4 is 46.7 Å². The number of alkyl halides is 1. The maximum atomic E-state index is 12.5. The van der Waals surface area contributed by atoms with Crippen molar-refractivity contribution < 1.29 is 33.5 Å². The summed E-state index contributed by atoms with van der Waals surface area (Å²) in [7, 11) is -4.73. The van der Waals surface area contributed by atoms with Gasteiger partial charge in [0.05, 0.1) is 28.1 Å². The van der Waals surface area contributed by atoms with E-state index in [1.165, 1.54) is 4.90 Å². The first-order chi connectivity index (χ1) is 13.0. The highest BCUT2D eigenvalue weighted by Crippen LogP contribution is 2.37. The van der Waals surface area contributed by atoms with Gasteiger partial charge in [-0.05, 0) is 6.92 Å². The number of non-ortho nitro benzene ring substituents is 1. The van der Waals surface area contributed by atoms with E-state index < -0.39 is 41.6 Å². The van der Waals surface area contributed by atoms with Crippen LogP contribution in [0, 0.1) is 27.2 Å². The van der Waals surface area contributed by atoms with Crippen molar-refractivity contribution in [2.24, 2.45) is 0 Å². The zero-order valence-corrected chi connectivity index (χ0v) is 16.8. The average molecular weight is 484 g/mol. The summed E-state index contributed by atoms with van der Waals surface area (Å²) in [5.74, 6) is -0.913. The molecule has 0 bridgehead atoms. The molecule has 0 atom stereocenters. The van der Waals surface area contributed by atoms with Gasteiger partial charge in [0.2, 0.25) is 0 Å². The third kappa shape index (κ3) is 6.80. The van der Waals surface area contributed by atoms with Crippen LogP contribution in [0.2, 0.25) is 0 Å². The van der Waals surface area contributed by atoms with Gasteiger partial charge in [0.1, 0.15) is 5.69 Å². The number of nitro groups is 2. The summed E-state index contributed by atoms with van der Waals surface area (Å²) in [4.78, 5) is 52.0. The second kappa shape index (κ2) is 10.4. The molecule has 0 aliphatic heterocycles. The van der Waals surface area contributed by atoms with Crippen molar-refractivity contribution in [2.75, 3.05) is 36.5 Å². The molecule has 0 saturated heterocycles. The number of carbonyl (C=O) groups is 1. The molecule has 0 spiro atoms. The van der Waals surface area contributed by atoms with Crippen LogP contribution in [-0.4, -0.2) is 57.1 Å². The quantitative estimate of drug-likeness (QED) is 0.136. The van der Waals surface area contributed by atoms with Crippen molar-refractivity contribution in [1.29, 1.82) is 0 Å². The van der Waals surface area contributed by atoms with E-state index in [1.54, 1.807) is 0 Å². The molecule has 0 heterocycles. The van der Waals surface area contributed by atoms with Gasteiger partial charge in [0, 0.05) is 31.0 Å². The van der Waals surface area contributed by atoms with Gasteiger partial charge in [-0.2, -0.15) is 0 Å². The highest BCUT2D eigenvalue weighted by molar-refractivity contribution is 9.09. The molecular formula is C13H17BrN4O9P. The fourth-order valence-electron chi connectivity index (χ4n) is 2.22. The Labute approximate surface area is 167 Å². The Morgan fingerprint density at radius 1 is 1.32 bits per heavy atom. The molecule has 1 amide bonds. The Morgan fingerprint density at radius 3 is 2.43 bits per heavy atom. The molecule has 3 N–H and O–H groups in total. The van der Waals surface area contributed by atoms with Crippen LogP contribution in [0.15, 0.2) is 12.1 Å². The lowest BCUT2D eigenvalue weighted by Crippen LogP contribution is -2.32. The van der Waals surface area contributed by atoms with Gasteiger partial charge in [-0.25, -0.2) is 4.57 Å². The lowest BCUT2D eigenvalue weighted by molar-refractivity contribution is -0.393. The van der Waals surface area contributed by atoms with E-state index in [9.17, 15) is 29.6 Å². The predicted octanol–water partition coefficient (Wildman–Crippen LogP) is 1.38. The van der Waals surface area contributed by atoms with E-state index >= 15 is 0 Å². The molecule has 155 valence electrons. The van der Waals surface area contributed by atoms with Crippen molar-refractivity contribution in [3.8, 4) is 0 Å². The molecule has 13 nitrogen and oxygen atoms in total. The number of nitro benzene ring substituents is 2. The molecule has 0 aromatic heterocycles. The van der Waals surface area contributed by atoms with Crippen LogP contribution in [0.5, 0.6) is 0 Å². The monoisotopic (exact) mass is 483 g/mol. The van der Waals surface area contributed by atoms with Gasteiger partial charge < -0.3 is 20.0 Å². The van der Waals surface area contributed by atoms with Crippen LogP contribution in [0.25, 0.3) is 0 Å².